The van der Waals surface area contributed by atoms with E-state index in [1.165, 1.54) is 0 Å². The smallest absolute Gasteiger partial charge is 0.225 e. The van der Waals surface area contributed by atoms with Gasteiger partial charge in [-0.3, -0.25) is 0 Å². The number of nitrogens with zero attached hydrogens (tertiary/aromatic N) is 3. The quantitative estimate of drug-likeness (QED) is 0.457. The molecule has 3 nitrogen and oxygen atoms in total. The van der Waals surface area contributed by atoms with E-state index in [1.807, 2.05) is 24.4 Å². The molecule has 2 heterocycles. The van der Waals surface area contributed by atoms with Crippen molar-refractivity contribution in [2.45, 2.75) is 19.6 Å². The van der Waals surface area contributed by atoms with Crippen molar-refractivity contribution < 1.29 is 0 Å². The van der Waals surface area contributed by atoms with Gasteiger partial charge in [0.05, 0.1) is 10.3 Å². The Hall–Kier alpha value is -1.09. The van der Waals surface area contributed by atoms with Crippen LogP contribution in [0, 0.1) is 11.5 Å². The SMILES string of the molecule is CN(C)c1nc(Cl)nc2c(C#C[Si](C)(C)C)csc12. The van der Waals surface area contributed by atoms with Crippen molar-refractivity contribution >= 4 is 47.0 Å². The van der Waals surface area contributed by atoms with Gasteiger partial charge in [-0.2, -0.15) is 4.98 Å². The largest absolute Gasteiger partial charge is 0.361 e. The van der Waals surface area contributed by atoms with Gasteiger partial charge in [-0.25, -0.2) is 4.98 Å². The Morgan fingerprint density at radius 1 is 1.26 bits per heavy atom. The van der Waals surface area contributed by atoms with Crippen molar-refractivity contribution in [2.75, 3.05) is 19.0 Å². The molecule has 19 heavy (non-hydrogen) atoms. The van der Waals surface area contributed by atoms with Crippen molar-refractivity contribution in [3.05, 3.63) is 16.2 Å². The molecule has 100 valence electrons. The second kappa shape index (κ2) is 5.12. The van der Waals surface area contributed by atoms with Crippen LogP contribution >= 0.6 is 22.9 Å². The summed E-state index contributed by atoms with van der Waals surface area (Å²) in [5.74, 6) is 4.10. The molecule has 6 heteroatoms. The first kappa shape index (κ1) is 14.3. The fraction of sp³-hybridized carbons (Fsp3) is 0.385. The van der Waals surface area contributed by atoms with Gasteiger partial charge in [-0.1, -0.05) is 25.6 Å². The molecule has 0 N–H and O–H groups in total. The van der Waals surface area contributed by atoms with Gasteiger partial charge in [0.15, 0.2) is 5.82 Å². The topological polar surface area (TPSA) is 29.0 Å². The Morgan fingerprint density at radius 3 is 2.53 bits per heavy atom. The van der Waals surface area contributed by atoms with Crippen LogP contribution in [0.5, 0.6) is 0 Å². The molecule has 0 saturated carbocycles. The first-order valence-electron chi connectivity index (χ1n) is 5.93. The van der Waals surface area contributed by atoms with E-state index < -0.39 is 8.07 Å². The molecule has 2 rings (SSSR count). The summed E-state index contributed by atoms with van der Waals surface area (Å²) in [7, 11) is 2.51. The molecule has 0 aliphatic heterocycles. The lowest BCUT2D eigenvalue weighted by atomic mass is 10.3. The van der Waals surface area contributed by atoms with Crippen molar-refractivity contribution in [3.63, 3.8) is 0 Å². The fourth-order valence-electron chi connectivity index (χ4n) is 1.52. The average Bonchev–Trinajstić information content (AvgIpc) is 2.67. The summed E-state index contributed by atoms with van der Waals surface area (Å²) in [6.07, 6.45) is 0. The highest BCUT2D eigenvalue weighted by Crippen LogP contribution is 2.31. The molecule has 2 aromatic heterocycles. The Bertz CT molecular complexity index is 677. The van der Waals surface area contributed by atoms with E-state index in [9.17, 15) is 0 Å². The summed E-state index contributed by atoms with van der Waals surface area (Å²) < 4.78 is 1.04. The summed E-state index contributed by atoms with van der Waals surface area (Å²) in [6, 6.07) is 0. The highest BCUT2D eigenvalue weighted by molar-refractivity contribution is 7.18. The first-order chi connectivity index (χ1) is 8.78. The minimum absolute atomic E-state index is 0.269. The predicted octanol–water partition coefficient (Wildman–Crippen LogP) is 3.64. The minimum Gasteiger partial charge on any atom is -0.361 e. The third-order valence-corrected chi connectivity index (χ3v) is 4.38. The Balaban J connectivity index is 2.63. The molecule has 0 spiro atoms. The van der Waals surface area contributed by atoms with Gasteiger partial charge < -0.3 is 4.90 Å². The van der Waals surface area contributed by atoms with Crippen molar-refractivity contribution in [1.29, 1.82) is 0 Å². The molecule has 0 aliphatic carbocycles. The van der Waals surface area contributed by atoms with Gasteiger partial charge >= 0.3 is 0 Å². The zero-order chi connectivity index (χ0) is 14.2. The molecule has 0 aliphatic rings. The van der Waals surface area contributed by atoms with Gasteiger partial charge in [0.25, 0.3) is 0 Å². The molecule has 2 aromatic rings. The van der Waals surface area contributed by atoms with Crippen LogP contribution in [0.2, 0.25) is 24.9 Å². The van der Waals surface area contributed by atoms with Crippen LogP contribution in [-0.2, 0) is 0 Å². The van der Waals surface area contributed by atoms with Gasteiger partial charge in [0, 0.05) is 19.5 Å². The monoisotopic (exact) mass is 309 g/mol. The zero-order valence-electron chi connectivity index (χ0n) is 11.7. The zero-order valence-corrected chi connectivity index (χ0v) is 14.3. The van der Waals surface area contributed by atoms with Crippen LogP contribution in [0.4, 0.5) is 5.82 Å². The molecule has 0 aromatic carbocycles. The maximum absolute atomic E-state index is 6.00. The number of hydrogen-bond acceptors (Lipinski definition) is 4. The highest BCUT2D eigenvalue weighted by atomic mass is 35.5. The van der Waals surface area contributed by atoms with Crippen LogP contribution in [0.25, 0.3) is 10.2 Å². The van der Waals surface area contributed by atoms with Gasteiger partial charge in [0.2, 0.25) is 5.28 Å². The maximum atomic E-state index is 6.00. The minimum atomic E-state index is -1.39. The maximum Gasteiger partial charge on any atom is 0.225 e. The molecule has 0 radical (unpaired) electrons. The van der Waals surface area contributed by atoms with E-state index in [0.717, 1.165) is 21.6 Å². The van der Waals surface area contributed by atoms with Crippen molar-refractivity contribution in [2.24, 2.45) is 0 Å². The summed E-state index contributed by atoms with van der Waals surface area (Å²) in [6.45, 7) is 6.67. The van der Waals surface area contributed by atoms with E-state index >= 15 is 0 Å². The van der Waals surface area contributed by atoms with Gasteiger partial charge in [-0.05, 0) is 11.6 Å². The fourth-order valence-corrected chi connectivity index (χ4v) is 3.20. The third-order valence-electron chi connectivity index (χ3n) is 2.37. The molecule has 0 bridgehead atoms. The first-order valence-corrected chi connectivity index (χ1v) is 10.7. The average molecular weight is 310 g/mol. The highest BCUT2D eigenvalue weighted by Gasteiger charge is 2.14. The van der Waals surface area contributed by atoms with E-state index in [0.29, 0.717) is 0 Å². The number of anilines is 1. The molecule has 0 atom stereocenters. The number of fused-ring (bicyclic) bond motifs is 1. The van der Waals surface area contributed by atoms with Crippen molar-refractivity contribution in [1.82, 2.24) is 9.97 Å². The van der Waals surface area contributed by atoms with Crippen LogP contribution < -0.4 is 4.90 Å². The van der Waals surface area contributed by atoms with E-state index in [2.05, 4.69) is 41.1 Å². The van der Waals surface area contributed by atoms with Gasteiger partial charge in [-0.15, -0.1) is 16.9 Å². The number of hydrogen-bond donors (Lipinski definition) is 0. The number of rotatable bonds is 1. The predicted molar refractivity (Wildman–Crippen MR) is 87.0 cm³/mol. The molecule has 0 unspecified atom stereocenters. The number of thiophene rings is 1. The van der Waals surface area contributed by atoms with Crippen LogP contribution in [0.3, 0.4) is 0 Å². The Labute approximate surface area is 123 Å². The third kappa shape index (κ3) is 3.27. The van der Waals surface area contributed by atoms with Crippen LogP contribution in [-0.4, -0.2) is 32.1 Å². The van der Waals surface area contributed by atoms with E-state index in [4.69, 9.17) is 11.6 Å². The number of halogens is 1. The van der Waals surface area contributed by atoms with Gasteiger partial charge in [0.1, 0.15) is 13.6 Å². The summed E-state index contributed by atoms with van der Waals surface area (Å²) in [4.78, 5) is 10.6. The lowest BCUT2D eigenvalue weighted by molar-refractivity contribution is 1.07. The molecule has 0 fully saturated rings. The second-order valence-electron chi connectivity index (χ2n) is 5.54. The van der Waals surface area contributed by atoms with Crippen LogP contribution in [0.1, 0.15) is 5.56 Å². The molecular weight excluding hydrogens is 294 g/mol. The number of aromatic nitrogens is 2. The van der Waals surface area contributed by atoms with E-state index in [1.54, 1.807) is 11.3 Å². The summed E-state index contributed by atoms with van der Waals surface area (Å²) in [5, 5.41) is 2.31. The standard InChI is InChI=1S/C13H16ClN3SSi/c1-17(2)12-11-10(15-13(14)16-12)9(8-18-11)6-7-19(3,4)5/h8H,1-5H3. The lowest BCUT2D eigenvalue weighted by Crippen LogP contribution is -2.16. The normalized spacial score (nSPS) is 11.3. The van der Waals surface area contributed by atoms with Crippen molar-refractivity contribution in [3.8, 4) is 11.5 Å². The summed E-state index contributed by atoms with van der Waals surface area (Å²) >= 11 is 7.62. The van der Waals surface area contributed by atoms with Crippen LogP contribution in [0.15, 0.2) is 5.38 Å². The second-order valence-corrected chi connectivity index (χ2v) is 11.5. The Kier molecular flexibility index (Phi) is 3.86. The molecule has 0 amide bonds. The van der Waals surface area contributed by atoms with E-state index in [-0.39, 0.29) is 5.28 Å². The Morgan fingerprint density at radius 2 is 1.95 bits per heavy atom. The summed E-state index contributed by atoms with van der Waals surface area (Å²) in [5.41, 5.74) is 5.18. The molecule has 0 saturated heterocycles. The molecular formula is C13H16ClN3SSi. The lowest BCUT2D eigenvalue weighted by Gasteiger charge is -2.11.